The minimum absolute atomic E-state index is 0.971. The SMILES string of the molecule is c1ccc(-n2cnc3c(-n4c5ccccc5c5ccc6c(c7cc8ccccc8cc7n6-c6ccccc6)c54)cccc32)cc1. The van der Waals surface area contributed by atoms with Gasteiger partial charge in [0.25, 0.3) is 0 Å². The molecule has 0 unspecified atom stereocenters. The second-order valence-corrected chi connectivity index (χ2v) is 11.7. The van der Waals surface area contributed by atoms with Crippen molar-refractivity contribution in [3.8, 4) is 17.1 Å². The number of hydrogen-bond donors (Lipinski definition) is 0. The van der Waals surface area contributed by atoms with Gasteiger partial charge in [0, 0.05) is 32.9 Å². The summed E-state index contributed by atoms with van der Waals surface area (Å²) in [6.45, 7) is 0. The van der Waals surface area contributed by atoms with Gasteiger partial charge in [-0.3, -0.25) is 4.57 Å². The smallest absolute Gasteiger partial charge is 0.113 e. The van der Waals surface area contributed by atoms with Crippen LogP contribution in [0, 0.1) is 0 Å². The van der Waals surface area contributed by atoms with Crippen LogP contribution in [0.15, 0.2) is 158 Å². The van der Waals surface area contributed by atoms with Gasteiger partial charge in [0.15, 0.2) is 0 Å². The highest BCUT2D eigenvalue weighted by Gasteiger charge is 2.22. The first-order valence-corrected chi connectivity index (χ1v) is 15.3. The molecular weight excluding hydrogens is 548 g/mol. The molecule has 0 aliphatic carbocycles. The van der Waals surface area contributed by atoms with E-state index < -0.39 is 0 Å². The zero-order chi connectivity index (χ0) is 29.5. The van der Waals surface area contributed by atoms with Gasteiger partial charge in [-0.1, -0.05) is 91.0 Å². The third-order valence-electron chi connectivity index (χ3n) is 9.27. The number of hydrogen-bond acceptors (Lipinski definition) is 1. The van der Waals surface area contributed by atoms with Crippen LogP contribution in [0.5, 0.6) is 0 Å². The third-order valence-corrected chi connectivity index (χ3v) is 9.27. The number of para-hydroxylation sites is 4. The number of imidazole rings is 1. The van der Waals surface area contributed by atoms with Gasteiger partial charge in [-0.25, -0.2) is 4.98 Å². The standard InChI is InChI=1S/C41H26N4/c1-3-14-29(15-4-1)43-26-42-40-36(43)20-11-21-37(40)45-34-19-10-9-18-31(34)32-22-23-35-39(41(32)45)33-24-27-12-7-8-13-28(27)25-38(33)44(35)30-16-5-2-6-17-30/h1-26H. The fraction of sp³-hybridized carbons (Fsp3) is 0. The molecule has 0 bridgehead atoms. The Balaban J connectivity index is 1.41. The summed E-state index contributed by atoms with van der Waals surface area (Å²) in [5, 5.41) is 7.42. The minimum Gasteiger partial charge on any atom is -0.309 e. The van der Waals surface area contributed by atoms with Crippen LogP contribution in [-0.4, -0.2) is 18.7 Å². The number of rotatable bonds is 3. The molecule has 45 heavy (non-hydrogen) atoms. The second-order valence-electron chi connectivity index (χ2n) is 11.7. The summed E-state index contributed by atoms with van der Waals surface area (Å²) in [5.41, 5.74) is 10.1. The van der Waals surface area contributed by atoms with Crippen LogP contribution < -0.4 is 0 Å². The molecule has 0 aliphatic heterocycles. The first-order chi connectivity index (χ1) is 22.3. The Bertz CT molecular complexity index is 2750. The molecule has 0 N–H and O–H groups in total. The molecule has 7 aromatic carbocycles. The van der Waals surface area contributed by atoms with E-state index in [1.807, 2.05) is 12.4 Å². The Morgan fingerprint density at radius 2 is 1.11 bits per heavy atom. The molecule has 10 aromatic rings. The van der Waals surface area contributed by atoms with Gasteiger partial charge in [-0.15, -0.1) is 0 Å². The predicted octanol–water partition coefficient (Wildman–Crippen LogP) is 10.4. The Labute approximate surface area is 258 Å². The fourth-order valence-corrected chi connectivity index (χ4v) is 7.35. The molecule has 0 atom stereocenters. The highest BCUT2D eigenvalue weighted by atomic mass is 15.1. The Morgan fingerprint density at radius 1 is 0.422 bits per heavy atom. The number of fused-ring (bicyclic) bond motifs is 9. The van der Waals surface area contributed by atoms with Crippen LogP contribution in [0.2, 0.25) is 0 Å². The molecule has 4 heteroatoms. The van der Waals surface area contributed by atoms with Crippen molar-refractivity contribution < 1.29 is 0 Å². The molecule has 3 heterocycles. The van der Waals surface area contributed by atoms with Crippen LogP contribution in [-0.2, 0) is 0 Å². The normalized spacial score (nSPS) is 12.0. The molecule has 10 rings (SSSR count). The summed E-state index contributed by atoms with van der Waals surface area (Å²) in [6.07, 6.45) is 1.94. The van der Waals surface area contributed by atoms with E-state index in [9.17, 15) is 0 Å². The molecule has 0 fully saturated rings. The summed E-state index contributed by atoms with van der Waals surface area (Å²) < 4.78 is 7.04. The van der Waals surface area contributed by atoms with Gasteiger partial charge in [0.05, 0.1) is 33.3 Å². The van der Waals surface area contributed by atoms with Crippen molar-refractivity contribution in [1.29, 1.82) is 0 Å². The van der Waals surface area contributed by atoms with E-state index in [4.69, 9.17) is 4.98 Å². The maximum absolute atomic E-state index is 5.04. The molecule has 210 valence electrons. The largest absolute Gasteiger partial charge is 0.309 e. The summed E-state index contributed by atoms with van der Waals surface area (Å²) in [6, 6.07) is 54.4. The van der Waals surface area contributed by atoms with Crippen molar-refractivity contribution in [2.75, 3.05) is 0 Å². The van der Waals surface area contributed by atoms with E-state index >= 15 is 0 Å². The van der Waals surface area contributed by atoms with Crippen LogP contribution in [0.3, 0.4) is 0 Å². The van der Waals surface area contributed by atoms with Crippen molar-refractivity contribution in [3.05, 3.63) is 158 Å². The number of benzene rings is 7. The van der Waals surface area contributed by atoms with Crippen molar-refractivity contribution in [1.82, 2.24) is 18.7 Å². The van der Waals surface area contributed by atoms with E-state index in [2.05, 4.69) is 159 Å². The lowest BCUT2D eigenvalue weighted by atomic mass is 10.0. The number of nitrogens with zero attached hydrogens (tertiary/aromatic N) is 4. The van der Waals surface area contributed by atoms with Crippen molar-refractivity contribution >= 4 is 65.4 Å². The van der Waals surface area contributed by atoms with Crippen molar-refractivity contribution in [2.24, 2.45) is 0 Å². The molecule has 0 radical (unpaired) electrons. The van der Waals surface area contributed by atoms with Gasteiger partial charge in [-0.05, 0) is 71.4 Å². The molecule has 4 nitrogen and oxygen atoms in total. The fourth-order valence-electron chi connectivity index (χ4n) is 7.35. The zero-order valence-corrected chi connectivity index (χ0v) is 24.3. The van der Waals surface area contributed by atoms with Crippen LogP contribution in [0.1, 0.15) is 0 Å². The quantitative estimate of drug-likeness (QED) is 0.206. The first-order valence-electron chi connectivity index (χ1n) is 15.3. The average molecular weight is 575 g/mol. The lowest BCUT2D eigenvalue weighted by Crippen LogP contribution is -1.97. The highest BCUT2D eigenvalue weighted by Crippen LogP contribution is 2.43. The summed E-state index contributed by atoms with van der Waals surface area (Å²) >= 11 is 0. The van der Waals surface area contributed by atoms with E-state index in [-0.39, 0.29) is 0 Å². The zero-order valence-electron chi connectivity index (χ0n) is 24.3. The monoisotopic (exact) mass is 574 g/mol. The number of aromatic nitrogens is 4. The molecule has 0 saturated heterocycles. The van der Waals surface area contributed by atoms with E-state index in [0.29, 0.717) is 0 Å². The average Bonchev–Trinajstić information content (AvgIpc) is 3.78. The Morgan fingerprint density at radius 3 is 1.93 bits per heavy atom. The molecule has 3 aromatic heterocycles. The third kappa shape index (κ3) is 3.39. The first kappa shape index (κ1) is 24.3. The van der Waals surface area contributed by atoms with Gasteiger partial charge in [0.1, 0.15) is 11.8 Å². The van der Waals surface area contributed by atoms with E-state index in [1.54, 1.807) is 0 Å². The molecule has 0 amide bonds. The summed E-state index contributed by atoms with van der Waals surface area (Å²) in [5.74, 6) is 0. The molecular formula is C41H26N4. The van der Waals surface area contributed by atoms with Gasteiger partial charge in [0.2, 0.25) is 0 Å². The predicted molar refractivity (Wildman–Crippen MR) is 187 cm³/mol. The summed E-state index contributed by atoms with van der Waals surface area (Å²) in [4.78, 5) is 5.04. The lowest BCUT2D eigenvalue weighted by molar-refractivity contribution is 1.09. The van der Waals surface area contributed by atoms with Crippen molar-refractivity contribution in [2.45, 2.75) is 0 Å². The van der Waals surface area contributed by atoms with Crippen LogP contribution in [0.25, 0.3) is 82.5 Å². The van der Waals surface area contributed by atoms with Crippen molar-refractivity contribution in [3.63, 3.8) is 0 Å². The van der Waals surface area contributed by atoms with E-state index in [0.717, 1.165) is 28.1 Å². The van der Waals surface area contributed by atoms with Crippen LogP contribution in [0.4, 0.5) is 0 Å². The topological polar surface area (TPSA) is 27.7 Å². The van der Waals surface area contributed by atoms with Gasteiger partial charge < -0.3 is 9.13 Å². The molecule has 0 spiro atoms. The maximum Gasteiger partial charge on any atom is 0.113 e. The summed E-state index contributed by atoms with van der Waals surface area (Å²) in [7, 11) is 0. The Kier molecular flexibility index (Phi) is 4.96. The van der Waals surface area contributed by atoms with Gasteiger partial charge >= 0.3 is 0 Å². The molecule has 0 aliphatic rings. The molecule has 0 saturated carbocycles. The lowest BCUT2D eigenvalue weighted by Gasteiger charge is -2.11. The second kappa shape index (κ2) is 9.18. The maximum atomic E-state index is 5.04. The Hall–Kier alpha value is -6.13. The van der Waals surface area contributed by atoms with E-state index in [1.165, 1.54) is 54.4 Å². The van der Waals surface area contributed by atoms with Crippen LogP contribution >= 0.6 is 0 Å². The highest BCUT2D eigenvalue weighted by molar-refractivity contribution is 6.27. The minimum atomic E-state index is 0.971. The van der Waals surface area contributed by atoms with Gasteiger partial charge in [-0.2, -0.15) is 0 Å².